The highest BCUT2D eigenvalue weighted by Crippen LogP contribution is 2.40. The number of hydrogen-bond donors (Lipinski definition) is 1. The number of nitrogens with one attached hydrogen (secondary N) is 1. The Hall–Kier alpha value is -2.27. The van der Waals surface area contributed by atoms with Gasteiger partial charge in [-0.25, -0.2) is 15.2 Å². The first-order valence-electron chi connectivity index (χ1n) is 10.7. The molecule has 1 aliphatic heterocycles. The van der Waals surface area contributed by atoms with E-state index in [1.165, 1.54) is 10.9 Å². The normalized spacial score (nSPS) is 22.4. The number of rotatable bonds is 3. The summed E-state index contributed by atoms with van der Waals surface area (Å²) >= 11 is 0. The maximum Gasteiger partial charge on any atom is 0.425 e. The summed E-state index contributed by atoms with van der Waals surface area (Å²) in [7, 11) is 1.68. The highest BCUT2D eigenvalue weighted by molar-refractivity contribution is 5.84. The van der Waals surface area contributed by atoms with Gasteiger partial charge in [-0.1, -0.05) is 45.0 Å². The summed E-state index contributed by atoms with van der Waals surface area (Å²) in [5.74, 6) is 0.854. The zero-order chi connectivity index (χ0) is 22.3. The van der Waals surface area contributed by atoms with Crippen molar-refractivity contribution >= 4 is 16.9 Å². The molecule has 5 nitrogen and oxygen atoms in total. The molecule has 1 N–H and O–H groups in total. The van der Waals surface area contributed by atoms with Crippen LogP contribution in [0.15, 0.2) is 36.4 Å². The molecule has 1 aliphatic rings. The Balaban J connectivity index is 1.88. The van der Waals surface area contributed by atoms with E-state index in [9.17, 15) is 4.79 Å². The number of carbonyl (C=O) groups excluding carboxylic acids is 1. The minimum absolute atomic E-state index is 0.0120. The third-order valence-electron chi connectivity index (χ3n) is 6.20. The first kappa shape index (κ1) is 22.4. The number of hydrazine groups is 1. The van der Waals surface area contributed by atoms with Crippen LogP contribution in [0.5, 0.6) is 5.75 Å². The van der Waals surface area contributed by atoms with E-state index in [2.05, 4.69) is 57.4 Å². The van der Waals surface area contributed by atoms with E-state index >= 15 is 0 Å². The van der Waals surface area contributed by atoms with Gasteiger partial charge in [0, 0.05) is 5.54 Å². The third-order valence-corrected chi connectivity index (χ3v) is 6.20. The number of nitrogens with zero attached hydrogens (tertiary/aromatic N) is 1. The van der Waals surface area contributed by atoms with Gasteiger partial charge in [0.05, 0.1) is 13.2 Å². The molecule has 2 atom stereocenters. The summed E-state index contributed by atoms with van der Waals surface area (Å²) in [6, 6.07) is 12.6. The van der Waals surface area contributed by atoms with E-state index in [0.29, 0.717) is 0 Å². The minimum Gasteiger partial charge on any atom is -0.497 e. The van der Waals surface area contributed by atoms with Gasteiger partial charge in [0.1, 0.15) is 11.4 Å². The molecule has 0 bridgehead atoms. The van der Waals surface area contributed by atoms with Gasteiger partial charge in [0.15, 0.2) is 0 Å². The molecule has 0 saturated carbocycles. The zero-order valence-corrected chi connectivity index (χ0v) is 19.6. The van der Waals surface area contributed by atoms with Crippen molar-refractivity contribution in [3.63, 3.8) is 0 Å². The lowest BCUT2D eigenvalue weighted by atomic mass is 9.72. The molecular formula is C25H36N2O3. The molecule has 0 spiro atoms. The van der Waals surface area contributed by atoms with Gasteiger partial charge >= 0.3 is 6.09 Å². The first-order chi connectivity index (χ1) is 13.8. The van der Waals surface area contributed by atoms with Crippen LogP contribution in [0.4, 0.5) is 4.79 Å². The third kappa shape index (κ3) is 4.72. The van der Waals surface area contributed by atoms with Crippen molar-refractivity contribution in [1.82, 2.24) is 10.4 Å². The topological polar surface area (TPSA) is 50.8 Å². The molecule has 2 aromatic rings. The van der Waals surface area contributed by atoms with E-state index < -0.39 is 5.60 Å². The van der Waals surface area contributed by atoms with Gasteiger partial charge in [-0.15, -0.1) is 0 Å². The maximum absolute atomic E-state index is 13.0. The smallest absolute Gasteiger partial charge is 0.425 e. The van der Waals surface area contributed by atoms with Gasteiger partial charge in [0.25, 0.3) is 0 Å². The number of carbonyl (C=O) groups is 1. The molecule has 1 fully saturated rings. The van der Waals surface area contributed by atoms with E-state index in [1.807, 2.05) is 32.9 Å². The second kappa shape index (κ2) is 7.77. The molecule has 30 heavy (non-hydrogen) atoms. The standard InChI is InChI=1S/C25H36N2O3/c1-23(2,3)25(7)16-20(27(26-25)22(28)30-24(4,5)6)14-17-9-10-19-15-21(29-8)12-11-18(19)13-17/h9-13,15,20,26H,14,16H2,1-8H3/t20-,25-/m0/s1. The number of methoxy groups -OCH3 is 1. The largest absolute Gasteiger partial charge is 0.497 e. The highest BCUT2D eigenvalue weighted by Gasteiger charge is 2.49. The molecule has 3 rings (SSSR count). The van der Waals surface area contributed by atoms with E-state index in [-0.39, 0.29) is 23.1 Å². The summed E-state index contributed by atoms with van der Waals surface area (Å²) in [4.78, 5) is 13.0. The molecule has 5 heteroatoms. The summed E-state index contributed by atoms with van der Waals surface area (Å²) in [6.07, 6.45) is 1.31. The summed E-state index contributed by atoms with van der Waals surface area (Å²) in [5, 5.41) is 4.03. The average Bonchev–Trinajstić information content (AvgIpc) is 2.97. The number of amides is 1. The number of hydrogen-bond acceptors (Lipinski definition) is 4. The van der Waals surface area contributed by atoms with Gasteiger partial charge in [-0.2, -0.15) is 0 Å². The number of fused-ring (bicyclic) bond motifs is 1. The molecule has 0 aliphatic carbocycles. The van der Waals surface area contributed by atoms with Crippen LogP contribution < -0.4 is 10.2 Å². The van der Waals surface area contributed by atoms with Gasteiger partial charge < -0.3 is 9.47 Å². The van der Waals surface area contributed by atoms with Crippen molar-refractivity contribution in [2.45, 2.75) is 78.5 Å². The van der Waals surface area contributed by atoms with Crippen molar-refractivity contribution in [3.05, 3.63) is 42.0 Å². The van der Waals surface area contributed by atoms with Crippen LogP contribution in [0.1, 0.15) is 60.5 Å². The Morgan fingerprint density at radius 1 is 1.10 bits per heavy atom. The van der Waals surface area contributed by atoms with Crippen LogP contribution in [0.3, 0.4) is 0 Å². The molecule has 0 aromatic heterocycles. The molecule has 1 amide bonds. The molecule has 0 unspecified atom stereocenters. The fourth-order valence-corrected chi connectivity index (χ4v) is 3.91. The van der Waals surface area contributed by atoms with Gasteiger partial charge in [0.2, 0.25) is 0 Å². The Labute approximate surface area is 180 Å². The van der Waals surface area contributed by atoms with Crippen molar-refractivity contribution in [2.75, 3.05) is 7.11 Å². The van der Waals surface area contributed by atoms with Gasteiger partial charge in [-0.3, -0.25) is 0 Å². The number of benzene rings is 2. The fourth-order valence-electron chi connectivity index (χ4n) is 3.91. The van der Waals surface area contributed by atoms with E-state index in [0.717, 1.165) is 24.0 Å². The van der Waals surface area contributed by atoms with Crippen LogP contribution in [0.25, 0.3) is 10.8 Å². The lowest BCUT2D eigenvalue weighted by Crippen LogP contribution is -2.54. The van der Waals surface area contributed by atoms with Crippen molar-refractivity contribution in [2.24, 2.45) is 5.41 Å². The SMILES string of the molecule is COc1ccc2cc(C[C@H]3C[C@@](C)(C(C)(C)C)NN3C(=O)OC(C)(C)C)ccc2c1. The second-order valence-corrected chi connectivity index (χ2v) is 10.7. The van der Waals surface area contributed by atoms with Crippen molar-refractivity contribution in [1.29, 1.82) is 0 Å². The molecule has 2 aromatic carbocycles. The molecular weight excluding hydrogens is 376 g/mol. The summed E-state index contributed by atoms with van der Waals surface area (Å²) in [5.41, 5.74) is 3.94. The van der Waals surface area contributed by atoms with Crippen molar-refractivity contribution < 1.29 is 14.3 Å². The Bertz CT molecular complexity index is 926. The first-order valence-corrected chi connectivity index (χ1v) is 10.7. The molecule has 0 radical (unpaired) electrons. The van der Waals surface area contributed by atoms with Crippen molar-refractivity contribution in [3.8, 4) is 5.75 Å². The predicted molar refractivity (Wildman–Crippen MR) is 122 cm³/mol. The monoisotopic (exact) mass is 412 g/mol. The Morgan fingerprint density at radius 2 is 1.73 bits per heavy atom. The van der Waals surface area contributed by atoms with Crippen LogP contribution >= 0.6 is 0 Å². The molecule has 164 valence electrons. The summed E-state index contributed by atoms with van der Waals surface area (Å²) < 4.78 is 11.0. The minimum atomic E-state index is -0.536. The average molecular weight is 413 g/mol. The lowest BCUT2D eigenvalue weighted by Gasteiger charge is -2.39. The zero-order valence-electron chi connectivity index (χ0n) is 19.6. The molecule has 1 heterocycles. The van der Waals surface area contributed by atoms with E-state index in [4.69, 9.17) is 9.47 Å². The highest BCUT2D eigenvalue weighted by atomic mass is 16.6. The lowest BCUT2D eigenvalue weighted by molar-refractivity contribution is 0.00497. The fraction of sp³-hybridized carbons (Fsp3) is 0.560. The van der Waals surface area contributed by atoms with Crippen LogP contribution in [-0.2, 0) is 11.2 Å². The summed E-state index contributed by atoms with van der Waals surface area (Å²) in [6.45, 7) is 14.5. The van der Waals surface area contributed by atoms with Crippen LogP contribution in [-0.4, -0.2) is 35.4 Å². The molecule has 1 saturated heterocycles. The maximum atomic E-state index is 13.0. The van der Waals surface area contributed by atoms with Crippen LogP contribution in [0, 0.1) is 5.41 Å². The quantitative estimate of drug-likeness (QED) is 0.701. The van der Waals surface area contributed by atoms with Crippen LogP contribution in [0.2, 0.25) is 0 Å². The number of ether oxygens (including phenoxy) is 2. The van der Waals surface area contributed by atoms with Gasteiger partial charge in [-0.05, 0) is 74.4 Å². The Kier molecular flexibility index (Phi) is 5.80. The Morgan fingerprint density at radius 3 is 2.33 bits per heavy atom. The van der Waals surface area contributed by atoms with E-state index in [1.54, 1.807) is 12.1 Å². The second-order valence-electron chi connectivity index (χ2n) is 10.7. The predicted octanol–water partition coefficient (Wildman–Crippen LogP) is 5.71.